The van der Waals surface area contributed by atoms with Crippen LogP contribution in [0.5, 0.6) is 0 Å². The van der Waals surface area contributed by atoms with Gasteiger partial charge in [-0.15, -0.1) is 11.3 Å². The van der Waals surface area contributed by atoms with Crippen LogP contribution in [0.3, 0.4) is 0 Å². The topological polar surface area (TPSA) is 77.8 Å². The normalized spacial score (nSPS) is 12.5. The third-order valence-corrected chi connectivity index (χ3v) is 6.28. The van der Waals surface area contributed by atoms with Gasteiger partial charge in [0.2, 0.25) is 11.7 Å². The van der Waals surface area contributed by atoms with Crippen LogP contribution in [0.25, 0.3) is 32.9 Å². The average Bonchev–Trinajstić information content (AvgIpc) is 3.48. The van der Waals surface area contributed by atoms with Crippen LogP contribution in [0.4, 0.5) is 4.39 Å². The number of hydrogen-bond donors (Lipinski definition) is 0. The van der Waals surface area contributed by atoms with Crippen molar-refractivity contribution >= 4 is 33.3 Å². The average molecular weight is 424 g/mol. The number of halogens is 1. The minimum atomic E-state index is -0.267. The molecule has 9 heteroatoms. The van der Waals surface area contributed by atoms with E-state index >= 15 is 0 Å². The van der Waals surface area contributed by atoms with Crippen molar-refractivity contribution in [2.75, 3.05) is 0 Å². The molecule has 0 aliphatic heterocycles. The van der Waals surface area contributed by atoms with Gasteiger partial charge in [-0.2, -0.15) is 4.98 Å². The number of thiophene rings is 1. The summed E-state index contributed by atoms with van der Waals surface area (Å²) in [5.41, 5.74) is 1.89. The first kappa shape index (κ1) is 18.0. The summed E-state index contributed by atoms with van der Waals surface area (Å²) >= 11 is 3.04. The molecule has 1 atom stereocenters. The summed E-state index contributed by atoms with van der Waals surface area (Å²) in [6.45, 7) is 1.97. The van der Waals surface area contributed by atoms with Crippen molar-refractivity contribution in [1.82, 2.24) is 20.1 Å². The molecule has 0 aliphatic rings. The number of furan rings is 1. The molecule has 29 heavy (non-hydrogen) atoms. The van der Waals surface area contributed by atoms with Crippen molar-refractivity contribution in [3.8, 4) is 22.7 Å². The highest BCUT2D eigenvalue weighted by atomic mass is 32.2. The van der Waals surface area contributed by atoms with Crippen LogP contribution in [0.15, 0.2) is 68.3 Å². The van der Waals surface area contributed by atoms with Gasteiger partial charge in [-0.25, -0.2) is 14.4 Å². The summed E-state index contributed by atoms with van der Waals surface area (Å²) < 4.78 is 24.1. The van der Waals surface area contributed by atoms with Gasteiger partial charge < -0.3 is 8.94 Å². The second kappa shape index (κ2) is 7.41. The summed E-state index contributed by atoms with van der Waals surface area (Å²) in [5, 5.41) is 7.61. The molecule has 0 amide bonds. The largest absolute Gasteiger partial charge is 0.461 e. The highest BCUT2D eigenvalue weighted by Crippen LogP contribution is 2.42. The third kappa shape index (κ3) is 3.43. The molecule has 4 aromatic heterocycles. The van der Waals surface area contributed by atoms with Crippen molar-refractivity contribution in [3.05, 3.63) is 66.1 Å². The Morgan fingerprint density at radius 1 is 1.14 bits per heavy atom. The molecule has 0 aliphatic carbocycles. The number of nitrogens with zero attached hydrogens (tertiary/aromatic N) is 4. The van der Waals surface area contributed by atoms with Crippen LogP contribution in [-0.4, -0.2) is 20.1 Å². The smallest absolute Gasteiger partial charge is 0.240 e. The van der Waals surface area contributed by atoms with Crippen LogP contribution in [-0.2, 0) is 0 Å². The Balaban J connectivity index is 1.49. The van der Waals surface area contributed by atoms with Crippen LogP contribution in [0.1, 0.15) is 18.1 Å². The minimum Gasteiger partial charge on any atom is -0.461 e. The zero-order valence-corrected chi connectivity index (χ0v) is 16.7. The van der Waals surface area contributed by atoms with Gasteiger partial charge in [0.25, 0.3) is 0 Å². The molecule has 0 unspecified atom stereocenters. The van der Waals surface area contributed by atoms with E-state index in [9.17, 15) is 4.39 Å². The van der Waals surface area contributed by atoms with Gasteiger partial charge in [0.15, 0.2) is 5.76 Å². The maximum absolute atomic E-state index is 13.3. The van der Waals surface area contributed by atoms with Gasteiger partial charge in [0.05, 0.1) is 16.9 Å². The fourth-order valence-electron chi connectivity index (χ4n) is 2.90. The Morgan fingerprint density at radius 2 is 2.00 bits per heavy atom. The van der Waals surface area contributed by atoms with E-state index in [1.165, 1.54) is 35.2 Å². The second-order valence-electron chi connectivity index (χ2n) is 6.21. The molecule has 6 nitrogen and oxygen atoms in total. The van der Waals surface area contributed by atoms with E-state index in [-0.39, 0.29) is 11.1 Å². The fourth-order valence-corrected chi connectivity index (χ4v) is 4.85. The maximum Gasteiger partial charge on any atom is 0.240 e. The molecule has 4 heterocycles. The number of rotatable bonds is 5. The molecule has 0 saturated carbocycles. The fraction of sp³-hybridized carbons (Fsp3) is 0.100. The third-order valence-electron chi connectivity index (χ3n) is 4.31. The molecule has 0 spiro atoms. The van der Waals surface area contributed by atoms with Crippen molar-refractivity contribution in [1.29, 1.82) is 0 Å². The summed E-state index contributed by atoms with van der Waals surface area (Å²) in [4.78, 5) is 14.2. The van der Waals surface area contributed by atoms with E-state index in [1.807, 2.05) is 12.3 Å². The number of fused-ring (bicyclic) bond motifs is 1. The molecule has 144 valence electrons. The van der Waals surface area contributed by atoms with Crippen LogP contribution in [0.2, 0.25) is 0 Å². The van der Waals surface area contributed by atoms with E-state index in [4.69, 9.17) is 8.94 Å². The highest BCUT2D eigenvalue weighted by molar-refractivity contribution is 7.99. The lowest BCUT2D eigenvalue weighted by Crippen LogP contribution is -1.92. The van der Waals surface area contributed by atoms with E-state index < -0.39 is 0 Å². The van der Waals surface area contributed by atoms with Crippen molar-refractivity contribution < 1.29 is 13.3 Å². The molecule has 5 rings (SSSR count). The van der Waals surface area contributed by atoms with Crippen LogP contribution in [0, 0.1) is 5.82 Å². The highest BCUT2D eigenvalue weighted by Gasteiger charge is 2.21. The molecule has 1 aromatic carbocycles. The predicted molar refractivity (Wildman–Crippen MR) is 109 cm³/mol. The van der Waals surface area contributed by atoms with E-state index in [1.54, 1.807) is 36.9 Å². The first-order chi connectivity index (χ1) is 14.2. The summed E-state index contributed by atoms with van der Waals surface area (Å²) in [7, 11) is 0. The number of benzene rings is 1. The van der Waals surface area contributed by atoms with Crippen LogP contribution < -0.4 is 0 Å². The molecule has 0 N–H and O–H groups in total. The summed E-state index contributed by atoms with van der Waals surface area (Å²) in [6, 6.07) is 9.97. The van der Waals surface area contributed by atoms with Gasteiger partial charge in [0, 0.05) is 10.9 Å². The Hall–Kier alpha value is -3.04. The Bertz CT molecular complexity index is 1270. The zero-order chi connectivity index (χ0) is 19.8. The van der Waals surface area contributed by atoms with E-state index in [0.717, 1.165) is 26.4 Å². The number of aromatic nitrogens is 4. The molecule has 0 bridgehead atoms. The lowest BCUT2D eigenvalue weighted by atomic mass is 10.1. The standard InChI is InChI=1S/C20H13FN4O2S2/c1-11(18-24-17(25-27-18)15-3-2-8-26-15)29-20-16-14(9-28-19(16)22-10-23-20)12-4-6-13(21)7-5-12/h2-11H,1H3/t11-/m1/s1. The lowest BCUT2D eigenvalue weighted by Gasteiger charge is -2.08. The summed E-state index contributed by atoms with van der Waals surface area (Å²) in [6.07, 6.45) is 3.11. The second-order valence-corrected chi connectivity index (χ2v) is 8.40. The number of thioether (sulfide) groups is 1. The Morgan fingerprint density at radius 3 is 2.79 bits per heavy atom. The maximum atomic E-state index is 13.3. The molecular weight excluding hydrogens is 411 g/mol. The van der Waals surface area contributed by atoms with Gasteiger partial charge in [-0.1, -0.05) is 29.1 Å². The molecule has 5 aromatic rings. The zero-order valence-electron chi connectivity index (χ0n) is 15.1. The quantitative estimate of drug-likeness (QED) is 0.253. The molecular formula is C20H13FN4O2S2. The monoisotopic (exact) mass is 424 g/mol. The minimum absolute atomic E-state index is 0.134. The Labute approximate surface area is 172 Å². The molecule has 0 radical (unpaired) electrons. The van der Waals surface area contributed by atoms with Crippen molar-refractivity contribution in [3.63, 3.8) is 0 Å². The first-order valence-corrected chi connectivity index (χ1v) is 10.5. The van der Waals surface area contributed by atoms with Gasteiger partial charge in [-0.05, 0) is 36.8 Å². The molecule has 0 fully saturated rings. The SMILES string of the molecule is C[C@@H](Sc1ncnc2scc(-c3ccc(F)cc3)c12)c1nc(-c2ccco2)no1. The Kier molecular flexibility index (Phi) is 4.61. The van der Waals surface area contributed by atoms with Crippen molar-refractivity contribution in [2.24, 2.45) is 0 Å². The lowest BCUT2D eigenvalue weighted by molar-refractivity contribution is 0.379. The predicted octanol–water partition coefficient (Wildman–Crippen LogP) is 5.99. The van der Waals surface area contributed by atoms with Gasteiger partial charge in [-0.3, -0.25) is 0 Å². The van der Waals surface area contributed by atoms with Crippen molar-refractivity contribution in [2.45, 2.75) is 17.2 Å². The number of hydrogen-bond acceptors (Lipinski definition) is 8. The van der Waals surface area contributed by atoms with Crippen LogP contribution >= 0.6 is 23.1 Å². The first-order valence-electron chi connectivity index (χ1n) is 8.71. The van der Waals surface area contributed by atoms with E-state index in [0.29, 0.717) is 17.5 Å². The summed E-state index contributed by atoms with van der Waals surface area (Å²) in [5.74, 6) is 1.18. The van der Waals surface area contributed by atoms with E-state index in [2.05, 4.69) is 20.1 Å². The van der Waals surface area contributed by atoms with Gasteiger partial charge in [0.1, 0.15) is 22.0 Å². The van der Waals surface area contributed by atoms with Gasteiger partial charge >= 0.3 is 0 Å². The molecule has 0 saturated heterocycles.